The molecule has 2 saturated heterocycles. The lowest BCUT2D eigenvalue weighted by molar-refractivity contribution is -0.320. The average Bonchev–Trinajstić information content (AvgIpc) is 2.72. The summed E-state index contributed by atoms with van der Waals surface area (Å²) in [5, 5.41) is 0. The summed E-state index contributed by atoms with van der Waals surface area (Å²) in [5.74, 6) is 0.327. The number of methoxy groups -OCH3 is 1. The molecule has 6 heteroatoms. The van der Waals surface area contributed by atoms with Crippen molar-refractivity contribution < 1.29 is 23.7 Å². The maximum Gasteiger partial charge on any atom is 0.410 e. The summed E-state index contributed by atoms with van der Waals surface area (Å²) in [5.41, 5.74) is 0.765. The molecule has 29 heavy (non-hydrogen) atoms. The number of rotatable bonds is 3. The van der Waals surface area contributed by atoms with Crippen molar-refractivity contribution in [3.05, 3.63) is 29.8 Å². The van der Waals surface area contributed by atoms with Gasteiger partial charge < -0.3 is 23.8 Å². The number of hydrogen-bond acceptors (Lipinski definition) is 5. The van der Waals surface area contributed by atoms with Gasteiger partial charge in [-0.1, -0.05) is 26.0 Å². The fourth-order valence-corrected chi connectivity index (χ4v) is 4.59. The van der Waals surface area contributed by atoms with Crippen LogP contribution in [0.4, 0.5) is 4.79 Å². The minimum absolute atomic E-state index is 0.0343. The van der Waals surface area contributed by atoms with Crippen LogP contribution in [0, 0.1) is 5.41 Å². The van der Waals surface area contributed by atoms with Gasteiger partial charge in [-0.25, -0.2) is 4.79 Å². The Morgan fingerprint density at radius 1 is 1.00 bits per heavy atom. The lowest BCUT2D eigenvalue weighted by Gasteiger charge is -2.51. The lowest BCUT2D eigenvalue weighted by atomic mass is 9.77. The van der Waals surface area contributed by atoms with E-state index in [2.05, 4.69) is 13.8 Å². The molecule has 0 N–H and O–H groups in total. The van der Waals surface area contributed by atoms with Crippen LogP contribution in [0.2, 0.25) is 0 Å². The predicted molar refractivity (Wildman–Crippen MR) is 109 cm³/mol. The molecule has 2 aliphatic heterocycles. The molecular formula is C23H33NO5. The number of amides is 1. The largest absolute Gasteiger partial charge is 0.497 e. The Kier molecular flexibility index (Phi) is 5.28. The molecule has 1 atom stereocenters. The van der Waals surface area contributed by atoms with Crippen molar-refractivity contribution in [3.8, 4) is 5.75 Å². The van der Waals surface area contributed by atoms with E-state index in [1.54, 1.807) is 7.11 Å². The van der Waals surface area contributed by atoms with Crippen molar-refractivity contribution in [2.24, 2.45) is 5.41 Å². The molecule has 1 aromatic rings. The van der Waals surface area contributed by atoms with Gasteiger partial charge in [-0.3, -0.25) is 0 Å². The van der Waals surface area contributed by atoms with Crippen molar-refractivity contribution in [3.63, 3.8) is 0 Å². The predicted octanol–water partition coefficient (Wildman–Crippen LogP) is 4.68. The van der Waals surface area contributed by atoms with Crippen LogP contribution in [0.1, 0.15) is 64.5 Å². The Morgan fingerprint density at radius 2 is 1.62 bits per heavy atom. The molecule has 0 radical (unpaired) electrons. The molecular weight excluding hydrogens is 370 g/mol. The van der Waals surface area contributed by atoms with Gasteiger partial charge in [-0.05, 0) is 37.5 Å². The van der Waals surface area contributed by atoms with Crippen LogP contribution in [0.5, 0.6) is 5.75 Å². The zero-order chi connectivity index (χ0) is 20.7. The molecule has 0 unspecified atom stereocenters. The fourth-order valence-electron chi connectivity index (χ4n) is 4.59. The Bertz CT molecular complexity index is 724. The van der Waals surface area contributed by atoms with Gasteiger partial charge in [0.2, 0.25) is 0 Å². The second-order valence-electron chi connectivity index (χ2n) is 9.60. The normalized spacial score (nSPS) is 26.2. The van der Waals surface area contributed by atoms with Crippen molar-refractivity contribution in [2.45, 2.75) is 70.3 Å². The highest BCUT2D eigenvalue weighted by molar-refractivity contribution is 5.70. The van der Waals surface area contributed by atoms with Gasteiger partial charge in [-0.2, -0.15) is 0 Å². The summed E-state index contributed by atoms with van der Waals surface area (Å²) in [6, 6.07) is 7.83. The molecule has 4 rings (SSSR count). The third-order valence-corrected chi connectivity index (χ3v) is 6.79. The van der Waals surface area contributed by atoms with E-state index in [1.165, 1.54) is 0 Å². The maximum atomic E-state index is 12.9. The van der Waals surface area contributed by atoms with Gasteiger partial charge in [0, 0.05) is 31.2 Å². The number of hydrogen-bond donors (Lipinski definition) is 0. The van der Waals surface area contributed by atoms with Gasteiger partial charge in [-0.15, -0.1) is 0 Å². The van der Waals surface area contributed by atoms with Crippen molar-refractivity contribution in [2.75, 3.05) is 26.9 Å². The molecule has 2 heterocycles. The van der Waals surface area contributed by atoms with Gasteiger partial charge in [0.15, 0.2) is 5.79 Å². The highest BCUT2D eigenvalue weighted by atomic mass is 16.7. The molecule has 1 amide bonds. The number of ether oxygens (including phenoxy) is 4. The van der Waals surface area contributed by atoms with Crippen LogP contribution in [-0.2, 0) is 14.2 Å². The maximum absolute atomic E-state index is 12.9. The Hall–Kier alpha value is -1.79. The average molecular weight is 404 g/mol. The quantitative estimate of drug-likeness (QED) is 0.733. The second kappa shape index (κ2) is 7.47. The van der Waals surface area contributed by atoms with E-state index >= 15 is 0 Å². The van der Waals surface area contributed by atoms with E-state index in [4.69, 9.17) is 18.9 Å². The molecule has 3 fully saturated rings. The lowest BCUT2D eigenvalue weighted by Crippen LogP contribution is -2.56. The van der Waals surface area contributed by atoms with E-state index in [-0.39, 0.29) is 23.2 Å². The minimum Gasteiger partial charge on any atom is -0.497 e. The number of benzene rings is 1. The van der Waals surface area contributed by atoms with E-state index < -0.39 is 5.79 Å². The van der Waals surface area contributed by atoms with E-state index in [1.807, 2.05) is 36.1 Å². The molecule has 1 aliphatic carbocycles. The molecule has 1 aromatic carbocycles. The van der Waals surface area contributed by atoms with E-state index in [0.717, 1.165) is 43.4 Å². The SMILES string of the molecule is COc1ccc([C@H](C)N2CCC3(CCC4(CC3)OCC(C)(C)CO4)OC2=O)cc1. The van der Waals surface area contributed by atoms with Crippen molar-refractivity contribution in [1.82, 2.24) is 4.90 Å². The number of carbonyl (C=O) groups is 1. The summed E-state index contributed by atoms with van der Waals surface area (Å²) in [4.78, 5) is 14.7. The molecule has 6 nitrogen and oxygen atoms in total. The number of nitrogens with zero attached hydrogens (tertiary/aromatic N) is 1. The fraction of sp³-hybridized carbons (Fsp3) is 0.696. The van der Waals surface area contributed by atoms with Crippen molar-refractivity contribution >= 4 is 6.09 Å². The minimum atomic E-state index is -0.485. The smallest absolute Gasteiger partial charge is 0.410 e. The highest BCUT2D eigenvalue weighted by Crippen LogP contribution is 2.47. The highest BCUT2D eigenvalue weighted by Gasteiger charge is 2.51. The first-order valence-corrected chi connectivity index (χ1v) is 10.7. The van der Waals surface area contributed by atoms with Crippen LogP contribution in [0.25, 0.3) is 0 Å². The van der Waals surface area contributed by atoms with Gasteiger partial charge in [0.1, 0.15) is 11.4 Å². The Morgan fingerprint density at radius 3 is 2.17 bits per heavy atom. The summed E-state index contributed by atoms with van der Waals surface area (Å²) in [7, 11) is 1.65. The molecule has 1 saturated carbocycles. The molecule has 0 aromatic heterocycles. The number of carbonyl (C=O) groups excluding carboxylic acids is 1. The molecule has 2 spiro atoms. The first-order valence-electron chi connectivity index (χ1n) is 10.7. The molecule has 160 valence electrons. The first-order chi connectivity index (χ1) is 13.8. The molecule has 0 bridgehead atoms. The van der Waals surface area contributed by atoms with Gasteiger partial charge in [0.25, 0.3) is 0 Å². The monoisotopic (exact) mass is 403 g/mol. The third kappa shape index (κ3) is 4.10. The van der Waals surface area contributed by atoms with Crippen molar-refractivity contribution in [1.29, 1.82) is 0 Å². The Labute approximate surface area is 173 Å². The zero-order valence-corrected chi connectivity index (χ0v) is 18.0. The zero-order valence-electron chi connectivity index (χ0n) is 18.0. The van der Waals surface area contributed by atoms with Crippen LogP contribution < -0.4 is 4.74 Å². The van der Waals surface area contributed by atoms with Gasteiger partial charge in [0.05, 0.1) is 26.4 Å². The van der Waals surface area contributed by atoms with Crippen LogP contribution in [-0.4, -0.2) is 49.2 Å². The van der Waals surface area contributed by atoms with E-state index in [9.17, 15) is 4.79 Å². The summed E-state index contributed by atoms with van der Waals surface area (Å²) in [6.07, 6.45) is 3.78. The molecule has 3 aliphatic rings. The summed E-state index contributed by atoms with van der Waals surface area (Å²) >= 11 is 0. The van der Waals surface area contributed by atoms with Gasteiger partial charge >= 0.3 is 6.09 Å². The second-order valence-corrected chi connectivity index (χ2v) is 9.60. The summed E-state index contributed by atoms with van der Waals surface area (Å²) in [6.45, 7) is 8.49. The van der Waals surface area contributed by atoms with E-state index in [0.29, 0.717) is 19.8 Å². The first kappa shape index (κ1) is 20.5. The Balaban J connectivity index is 1.36. The summed E-state index contributed by atoms with van der Waals surface area (Å²) < 4.78 is 23.5. The third-order valence-electron chi connectivity index (χ3n) is 6.79. The standard InChI is InChI=1S/C23H33NO5/c1-17(18-5-7-19(26-4)8-6-18)24-14-13-22(29-20(24)25)9-11-23(12-10-22)27-15-21(2,3)16-28-23/h5-8,17H,9-16H2,1-4H3/t17-/m0/s1. The van der Waals surface area contributed by atoms with Crippen LogP contribution >= 0.6 is 0 Å². The van der Waals surface area contributed by atoms with Crippen LogP contribution in [0.15, 0.2) is 24.3 Å². The topological polar surface area (TPSA) is 57.2 Å². The van der Waals surface area contributed by atoms with Crippen LogP contribution in [0.3, 0.4) is 0 Å².